The van der Waals surface area contributed by atoms with Crippen molar-refractivity contribution in [2.24, 2.45) is 0 Å². The van der Waals surface area contributed by atoms with Gasteiger partial charge in [0.05, 0.1) is 38.0 Å². The van der Waals surface area contributed by atoms with E-state index < -0.39 is 11.8 Å². The lowest BCUT2D eigenvalue weighted by atomic mass is 10.1. The van der Waals surface area contributed by atoms with Crippen LogP contribution in [-0.4, -0.2) is 54.1 Å². The van der Waals surface area contributed by atoms with Crippen molar-refractivity contribution in [3.05, 3.63) is 41.9 Å². The Balaban J connectivity index is 2.62. The summed E-state index contributed by atoms with van der Waals surface area (Å²) in [5, 5.41) is 0. The summed E-state index contributed by atoms with van der Waals surface area (Å²) >= 11 is 0. The van der Waals surface area contributed by atoms with Crippen molar-refractivity contribution in [3.8, 4) is 17.1 Å². The predicted octanol–water partition coefficient (Wildman–Crippen LogP) is 2.01. The van der Waals surface area contributed by atoms with Crippen LogP contribution in [-0.2, 0) is 4.74 Å². The lowest BCUT2D eigenvalue weighted by molar-refractivity contribution is 0.0593. The van der Waals surface area contributed by atoms with Crippen molar-refractivity contribution in [3.63, 3.8) is 0 Å². The number of hydrogen-bond acceptors (Lipinski definition) is 7. The zero-order chi connectivity index (χ0) is 17.7. The number of nitrogens with zero attached hydrogens (tertiary/aromatic N) is 4. The van der Waals surface area contributed by atoms with Gasteiger partial charge in [0, 0.05) is 31.9 Å². The number of esters is 1. The van der Waals surface area contributed by atoms with Gasteiger partial charge in [-0.05, 0) is 6.08 Å². The fourth-order valence-electron chi connectivity index (χ4n) is 1.86. The molecule has 0 fully saturated rings. The normalized spacial score (nSPS) is 10.7. The summed E-state index contributed by atoms with van der Waals surface area (Å²) in [6.07, 6.45) is 5.62. The van der Waals surface area contributed by atoms with Crippen LogP contribution in [0.25, 0.3) is 17.3 Å². The highest BCUT2D eigenvalue weighted by molar-refractivity contribution is 5.87. The highest BCUT2D eigenvalue weighted by atomic mass is 19.1. The van der Waals surface area contributed by atoms with Crippen LogP contribution in [0.5, 0.6) is 5.88 Å². The molecule has 0 unspecified atom stereocenters. The maximum Gasteiger partial charge on any atom is 0.358 e. The molecule has 24 heavy (non-hydrogen) atoms. The van der Waals surface area contributed by atoms with Gasteiger partial charge in [0.15, 0.2) is 11.5 Å². The molecule has 2 aromatic heterocycles. The Bertz CT molecular complexity index is 778. The number of halogens is 1. The van der Waals surface area contributed by atoms with Gasteiger partial charge in [-0.15, -0.1) is 0 Å². The van der Waals surface area contributed by atoms with E-state index in [1.54, 1.807) is 17.2 Å². The minimum absolute atomic E-state index is 0.0288. The number of hydrogen-bond donors (Lipinski definition) is 0. The van der Waals surface area contributed by atoms with Gasteiger partial charge in [-0.3, -0.25) is 4.98 Å². The molecule has 0 bridgehead atoms. The van der Waals surface area contributed by atoms with E-state index in [1.165, 1.54) is 26.5 Å². The third-order valence-corrected chi connectivity index (χ3v) is 3.02. The SMILES string of the molecule is COC(=O)c1cnc(-c2cc(OC)ncc2F)c(/C=C/N(C)C)n1. The molecule has 0 aromatic carbocycles. The molecule has 2 heterocycles. The minimum atomic E-state index is -0.624. The number of pyridine rings is 1. The molecule has 0 amide bonds. The molecule has 0 atom stereocenters. The molecule has 7 nitrogen and oxygen atoms in total. The van der Waals surface area contributed by atoms with E-state index in [1.807, 2.05) is 14.1 Å². The highest BCUT2D eigenvalue weighted by Crippen LogP contribution is 2.27. The van der Waals surface area contributed by atoms with Gasteiger partial charge in [-0.1, -0.05) is 0 Å². The van der Waals surface area contributed by atoms with E-state index >= 15 is 0 Å². The second-order valence-corrected chi connectivity index (χ2v) is 4.97. The van der Waals surface area contributed by atoms with E-state index in [0.29, 0.717) is 5.69 Å². The Hall–Kier alpha value is -3.03. The summed E-state index contributed by atoms with van der Waals surface area (Å²) in [5.41, 5.74) is 0.781. The molecule has 0 aliphatic carbocycles. The second kappa shape index (κ2) is 7.49. The Labute approximate surface area is 138 Å². The fourth-order valence-corrected chi connectivity index (χ4v) is 1.86. The van der Waals surface area contributed by atoms with Crippen LogP contribution < -0.4 is 4.74 Å². The standard InChI is InChI=1S/C16H17FN4O3/c1-21(2)6-5-12-15(19-9-13(20-12)16(22)24-4)10-7-14(23-3)18-8-11(10)17/h5-9H,1-4H3/b6-5+. The smallest absolute Gasteiger partial charge is 0.358 e. The van der Waals surface area contributed by atoms with Crippen LogP contribution in [0.2, 0.25) is 0 Å². The molecule has 0 aliphatic rings. The average Bonchev–Trinajstić information content (AvgIpc) is 2.59. The van der Waals surface area contributed by atoms with E-state index in [4.69, 9.17) is 4.74 Å². The molecular weight excluding hydrogens is 315 g/mol. The monoisotopic (exact) mass is 332 g/mol. The third-order valence-electron chi connectivity index (χ3n) is 3.02. The second-order valence-electron chi connectivity index (χ2n) is 4.97. The van der Waals surface area contributed by atoms with Crippen molar-refractivity contribution in [2.75, 3.05) is 28.3 Å². The first-order valence-corrected chi connectivity index (χ1v) is 6.96. The summed E-state index contributed by atoms with van der Waals surface area (Å²) in [7, 11) is 6.33. The summed E-state index contributed by atoms with van der Waals surface area (Å²) in [5.74, 6) is -0.954. The molecule has 0 radical (unpaired) electrons. The first-order chi connectivity index (χ1) is 11.5. The molecule has 0 saturated carbocycles. The maximum atomic E-state index is 14.2. The van der Waals surface area contributed by atoms with Crippen molar-refractivity contribution in [1.29, 1.82) is 0 Å². The molecule has 0 N–H and O–H groups in total. The van der Waals surface area contributed by atoms with Crippen LogP contribution in [0.4, 0.5) is 4.39 Å². The first kappa shape index (κ1) is 17.3. The molecule has 2 aromatic rings. The zero-order valence-corrected chi connectivity index (χ0v) is 13.8. The van der Waals surface area contributed by atoms with Gasteiger partial charge in [0.1, 0.15) is 0 Å². The van der Waals surface area contributed by atoms with Crippen LogP contribution in [0.15, 0.2) is 24.7 Å². The lowest BCUT2D eigenvalue weighted by Crippen LogP contribution is -2.08. The number of aromatic nitrogens is 3. The highest BCUT2D eigenvalue weighted by Gasteiger charge is 2.17. The van der Waals surface area contributed by atoms with Crippen LogP contribution >= 0.6 is 0 Å². The van der Waals surface area contributed by atoms with Crippen LogP contribution in [0, 0.1) is 5.82 Å². The number of carbonyl (C=O) groups is 1. The van der Waals surface area contributed by atoms with Crippen molar-refractivity contribution in [2.45, 2.75) is 0 Å². The summed E-state index contributed by atoms with van der Waals surface area (Å²) in [6.45, 7) is 0. The van der Waals surface area contributed by atoms with Crippen LogP contribution in [0.3, 0.4) is 0 Å². The van der Waals surface area contributed by atoms with Gasteiger partial charge in [-0.25, -0.2) is 19.2 Å². The van der Waals surface area contributed by atoms with Gasteiger partial charge in [-0.2, -0.15) is 0 Å². The van der Waals surface area contributed by atoms with Gasteiger partial charge in [0.25, 0.3) is 0 Å². The average molecular weight is 332 g/mol. The van der Waals surface area contributed by atoms with Crippen molar-refractivity contribution >= 4 is 12.0 Å². The maximum absolute atomic E-state index is 14.2. The summed E-state index contributed by atoms with van der Waals surface area (Å²) in [6, 6.07) is 1.42. The molecule has 0 saturated heterocycles. The molecule has 0 spiro atoms. The van der Waals surface area contributed by atoms with Crippen molar-refractivity contribution in [1.82, 2.24) is 19.9 Å². The van der Waals surface area contributed by atoms with Gasteiger partial charge in [0.2, 0.25) is 5.88 Å². The summed E-state index contributed by atoms with van der Waals surface area (Å²) in [4.78, 5) is 25.6. The Morgan fingerprint density at radius 3 is 2.62 bits per heavy atom. The minimum Gasteiger partial charge on any atom is -0.481 e. The van der Waals surface area contributed by atoms with Crippen LogP contribution in [0.1, 0.15) is 16.2 Å². The number of rotatable bonds is 5. The predicted molar refractivity (Wildman–Crippen MR) is 85.8 cm³/mol. The lowest BCUT2D eigenvalue weighted by Gasteiger charge is -2.10. The molecule has 0 aliphatic heterocycles. The van der Waals surface area contributed by atoms with E-state index in [2.05, 4.69) is 19.7 Å². The Morgan fingerprint density at radius 2 is 2.00 bits per heavy atom. The molecular formula is C16H17FN4O3. The molecule has 126 valence electrons. The van der Waals surface area contributed by atoms with Gasteiger partial charge < -0.3 is 14.4 Å². The summed E-state index contributed by atoms with van der Waals surface area (Å²) < 4.78 is 23.8. The number of methoxy groups -OCH3 is 2. The fraction of sp³-hybridized carbons (Fsp3) is 0.250. The van der Waals surface area contributed by atoms with Crippen molar-refractivity contribution < 1.29 is 18.7 Å². The Kier molecular flexibility index (Phi) is 5.41. The van der Waals surface area contributed by atoms with E-state index in [-0.39, 0.29) is 22.8 Å². The Morgan fingerprint density at radius 1 is 1.25 bits per heavy atom. The third kappa shape index (κ3) is 3.83. The quantitative estimate of drug-likeness (QED) is 0.775. The topological polar surface area (TPSA) is 77.4 Å². The largest absolute Gasteiger partial charge is 0.481 e. The first-order valence-electron chi connectivity index (χ1n) is 6.96. The number of carbonyl (C=O) groups excluding carboxylic acids is 1. The zero-order valence-electron chi connectivity index (χ0n) is 13.8. The molecule has 2 rings (SSSR count). The van der Waals surface area contributed by atoms with E-state index in [9.17, 15) is 9.18 Å². The molecule has 8 heteroatoms. The van der Waals surface area contributed by atoms with Gasteiger partial charge >= 0.3 is 5.97 Å². The van der Waals surface area contributed by atoms with E-state index in [0.717, 1.165) is 6.20 Å². The number of ether oxygens (including phenoxy) is 2.